The molecular formula is C14H24N4O2. The number of nitrogens with one attached hydrogen (secondary N) is 2. The molecular weight excluding hydrogens is 256 g/mol. The molecule has 0 radical (unpaired) electrons. The van der Waals surface area contributed by atoms with Gasteiger partial charge in [0.2, 0.25) is 11.8 Å². The van der Waals surface area contributed by atoms with Crippen LogP contribution >= 0.6 is 0 Å². The number of rotatable bonds is 8. The molecule has 0 aromatic carbocycles. The van der Waals surface area contributed by atoms with Gasteiger partial charge in [-0.3, -0.25) is 4.79 Å². The monoisotopic (exact) mass is 280 g/mol. The van der Waals surface area contributed by atoms with Gasteiger partial charge >= 0.3 is 0 Å². The molecule has 1 rings (SSSR count). The van der Waals surface area contributed by atoms with Gasteiger partial charge in [-0.15, -0.1) is 0 Å². The minimum Gasteiger partial charge on any atom is -0.475 e. The normalized spacial score (nSPS) is 12.1. The van der Waals surface area contributed by atoms with E-state index in [9.17, 15) is 4.79 Å². The third-order valence-electron chi connectivity index (χ3n) is 2.68. The highest BCUT2D eigenvalue weighted by Gasteiger charge is 2.06. The molecule has 0 aliphatic rings. The summed E-state index contributed by atoms with van der Waals surface area (Å²) in [4.78, 5) is 19.7. The minimum atomic E-state index is 0.0413. The summed E-state index contributed by atoms with van der Waals surface area (Å²) in [6.07, 6.45) is 2.86. The summed E-state index contributed by atoms with van der Waals surface area (Å²) in [6.45, 7) is 8.44. The SMILES string of the molecule is CCC(C)NC(=O)CCNc1cc(OC(C)C)ncn1. The van der Waals surface area contributed by atoms with Crippen LogP contribution in [-0.4, -0.2) is 34.6 Å². The Labute approximate surface area is 120 Å². The van der Waals surface area contributed by atoms with E-state index in [4.69, 9.17) is 4.74 Å². The zero-order chi connectivity index (χ0) is 15.0. The molecule has 2 N–H and O–H groups in total. The van der Waals surface area contributed by atoms with Crippen LogP contribution in [0.25, 0.3) is 0 Å². The highest BCUT2D eigenvalue weighted by atomic mass is 16.5. The summed E-state index contributed by atoms with van der Waals surface area (Å²) >= 11 is 0. The number of carbonyl (C=O) groups excluding carboxylic acids is 1. The Kier molecular flexibility index (Phi) is 6.76. The largest absolute Gasteiger partial charge is 0.475 e. The molecule has 6 nitrogen and oxygen atoms in total. The molecule has 112 valence electrons. The van der Waals surface area contributed by atoms with E-state index in [0.717, 1.165) is 6.42 Å². The summed E-state index contributed by atoms with van der Waals surface area (Å²) in [7, 11) is 0. The average molecular weight is 280 g/mol. The summed E-state index contributed by atoms with van der Waals surface area (Å²) < 4.78 is 5.48. The Morgan fingerprint density at radius 3 is 2.75 bits per heavy atom. The molecule has 1 unspecified atom stereocenters. The summed E-state index contributed by atoms with van der Waals surface area (Å²) in [5.41, 5.74) is 0. The van der Waals surface area contributed by atoms with Crippen LogP contribution in [0.5, 0.6) is 5.88 Å². The van der Waals surface area contributed by atoms with Crippen molar-refractivity contribution in [2.45, 2.75) is 52.7 Å². The number of carbonyl (C=O) groups is 1. The molecule has 1 heterocycles. The van der Waals surface area contributed by atoms with Gasteiger partial charge in [0.15, 0.2) is 0 Å². The standard InChI is InChI=1S/C14H24N4O2/c1-5-11(4)18-13(19)6-7-15-12-8-14(17-9-16-12)20-10(2)3/h8-11H,5-7H2,1-4H3,(H,18,19)(H,15,16,17). The Morgan fingerprint density at radius 1 is 1.35 bits per heavy atom. The highest BCUT2D eigenvalue weighted by molar-refractivity contribution is 5.76. The second-order valence-electron chi connectivity index (χ2n) is 4.96. The van der Waals surface area contributed by atoms with Gasteiger partial charge in [0, 0.05) is 25.1 Å². The lowest BCUT2D eigenvalue weighted by Gasteiger charge is -2.12. The number of ether oxygens (including phenoxy) is 1. The van der Waals surface area contributed by atoms with Crippen LogP contribution in [0.2, 0.25) is 0 Å². The summed E-state index contributed by atoms with van der Waals surface area (Å²) in [5, 5.41) is 6.01. The molecule has 1 atom stereocenters. The molecule has 0 saturated carbocycles. The molecule has 0 fully saturated rings. The molecule has 1 aromatic heterocycles. The molecule has 0 spiro atoms. The topological polar surface area (TPSA) is 76.1 Å². The first kappa shape index (κ1) is 16.2. The molecule has 6 heteroatoms. The van der Waals surface area contributed by atoms with Crippen molar-refractivity contribution in [3.8, 4) is 5.88 Å². The maximum Gasteiger partial charge on any atom is 0.221 e. The highest BCUT2D eigenvalue weighted by Crippen LogP contribution is 2.12. The Balaban J connectivity index is 2.36. The molecule has 0 bridgehead atoms. The van der Waals surface area contributed by atoms with Crippen LogP contribution in [0, 0.1) is 0 Å². The fourth-order valence-corrected chi connectivity index (χ4v) is 1.50. The van der Waals surface area contributed by atoms with Crippen LogP contribution in [0.4, 0.5) is 5.82 Å². The van der Waals surface area contributed by atoms with Crippen LogP contribution in [-0.2, 0) is 4.79 Å². The number of aromatic nitrogens is 2. The lowest BCUT2D eigenvalue weighted by Crippen LogP contribution is -2.33. The van der Waals surface area contributed by atoms with Crippen molar-refractivity contribution in [3.63, 3.8) is 0 Å². The van der Waals surface area contributed by atoms with Gasteiger partial charge in [-0.05, 0) is 27.2 Å². The van der Waals surface area contributed by atoms with Gasteiger partial charge in [0.05, 0.1) is 6.10 Å². The van der Waals surface area contributed by atoms with Crippen LogP contribution in [0.3, 0.4) is 0 Å². The first-order chi connectivity index (χ1) is 9.51. The van der Waals surface area contributed by atoms with Gasteiger partial charge in [0.1, 0.15) is 12.1 Å². The lowest BCUT2D eigenvalue weighted by atomic mass is 10.2. The number of amides is 1. The first-order valence-electron chi connectivity index (χ1n) is 7.03. The van der Waals surface area contributed by atoms with E-state index in [1.54, 1.807) is 6.07 Å². The van der Waals surface area contributed by atoms with Crippen molar-refractivity contribution >= 4 is 11.7 Å². The molecule has 20 heavy (non-hydrogen) atoms. The second-order valence-corrected chi connectivity index (χ2v) is 4.96. The fourth-order valence-electron chi connectivity index (χ4n) is 1.50. The number of hydrogen-bond donors (Lipinski definition) is 2. The molecule has 0 aliphatic carbocycles. The van der Waals surface area contributed by atoms with Gasteiger partial charge in [-0.2, -0.15) is 0 Å². The van der Waals surface area contributed by atoms with Gasteiger partial charge in [-0.25, -0.2) is 9.97 Å². The summed E-state index contributed by atoms with van der Waals surface area (Å²) in [5.74, 6) is 1.23. The molecule has 0 aliphatic heterocycles. The smallest absolute Gasteiger partial charge is 0.221 e. The lowest BCUT2D eigenvalue weighted by molar-refractivity contribution is -0.121. The number of anilines is 1. The predicted molar refractivity (Wildman–Crippen MR) is 78.8 cm³/mol. The maximum atomic E-state index is 11.6. The van der Waals surface area contributed by atoms with E-state index in [1.165, 1.54) is 6.33 Å². The molecule has 1 amide bonds. The van der Waals surface area contributed by atoms with E-state index in [2.05, 4.69) is 20.6 Å². The van der Waals surface area contributed by atoms with Crippen molar-refractivity contribution in [2.24, 2.45) is 0 Å². The van der Waals surface area contributed by atoms with E-state index in [-0.39, 0.29) is 18.1 Å². The van der Waals surface area contributed by atoms with E-state index in [1.807, 2.05) is 27.7 Å². The summed E-state index contributed by atoms with van der Waals surface area (Å²) in [6, 6.07) is 1.94. The Morgan fingerprint density at radius 2 is 2.10 bits per heavy atom. The van der Waals surface area contributed by atoms with Crippen LogP contribution in [0.15, 0.2) is 12.4 Å². The van der Waals surface area contributed by atoms with Gasteiger partial charge in [-0.1, -0.05) is 6.92 Å². The average Bonchev–Trinajstić information content (AvgIpc) is 2.38. The van der Waals surface area contributed by atoms with Crippen molar-refractivity contribution in [2.75, 3.05) is 11.9 Å². The number of nitrogens with zero attached hydrogens (tertiary/aromatic N) is 2. The Bertz CT molecular complexity index is 423. The van der Waals surface area contributed by atoms with Gasteiger partial charge < -0.3 is 15.4 Å². The predicted octanol–water partition coefficient (Wildman–Crippen LogP) is 1.98. The first-order valence-corrected chi connectivity index (χ1v) is 7.03. The van der Waals surface area contributed by atoms with Crippen molar-refractivity contribution in [1.29, 1.82) is 0 Å². The third kappa shape index (κ3) is 6.36. The van der Waals surface area contributed by atoms with Crippen LogP contribution in [0.1, 0.15) is 40.5 Å². The van der Waals surface area contributed by atoms with Crippen molar-refractivity contribution in [1.82, 2.24) is 15.3 Å². The zero-order valence-electron chi connectivity index (χ0n) is 12.6. The minimum absolute atomic E-state index is 0.0413. The van der Waals surface area contributed by atoms with Gasteiger partial charge in [0.25, 0.3) is 0 Å². The second kappa shape index (κ2) is 8.35. The quantitative estimate of drug-likeness (QED) is 0.761. The van der Waals surface area contributed by atoms with E-state index >= 15 is 0 Å². The van der Waals surface area contributed by atoms with E-state index in [0.29, 0.717) is 24.7 Å². The molecule has 0 saturated heterocycles. The number of hydrogen-bond acceptors (Lipinski definition) is 5. The molecule has 1 aromatic rings. The fraction of sp³-hybridized carbons (Fsp3) is 0.643. The Hall–Kier alpha value is -1.85. The third-order valence-corrected chi connectivity index (χ3v) is 2.68. The van der Waals surface area contributed by atoms with Crippen molar-refractivity contribution < 1.29 is 9.53 Å². The maximum absolute atomic E-state index is 11.6. The zero-order valence-corrected chi connectivity index (χ0v) is 12.6. The van der Waals surface area contributed by atoms with Crippen LogP contribution < -0.4 is 15.4 Å². The van der Waals surface area contributed by atoms with Crippen molar-refractivity contribution in [3.05, 3.63) is 12.4 Å². The van der Waals surface area contributed by atoms with E-state index < -0.39 is 0 Å².